The molecule has 0 spiro atoms. The first kappa shape index (κ1) is 12.2. The van der Waals surface area contributed by atoms with Crippen LogP contribution in [0.1, 0.15) is 18.5 Å². The molecule has 2 rings (SSSR count). The second-order valence-corrected chi connectivity index (χ2v) is 4.11. The Kier molecular flexibility index (Phi) is 3.66. The van der Waals surface area contributed by atoms with Gasteiger partial charge in [-0.15, -0.1) is 0 Å². The van der Waals surface area contributed by atoms with Crippen LogP contribution < -0.4 is 0 Å². The predicted molar refractivity (Wildman–Crippen MR) is 65.4 cm³/mol. The molecule has 0 aromatic carbocycles. The molecule has 6 nitrogen and oxygen atoms in total. The molecule has 1 amide bonds. The molecule has 0 aliphatic heterocycles. The summed E-state index contributed by atoms with van der Waals surface area (Å²) < 4.78 is 1.54. The van der Waals surface area contributed by atoms with E-state index in [1.165, 1.54) is 6.33 Å². The highest BCUT2D eigenvalue weighted by atomic mass is 16.2. The summed E-state index contributed by atoms with van der Waals surface area (Å²) in [5.74, 6) is -0.00986. The minimum absolute atomic E-state index is 0.00986. The second-order valence-electron chi connectivity index (χ2n) is 4.11. The van der Waals surface area contributed by atoms with E-state index in [0.717, 1.165) is 5.56 Å². The van der Waals surface area contributed by atoms with Crippen LogP contribution in [-0.2, 0) is 11.3 Å². The maximum Gasteiger partial charge on any atom is 0.247 e. The molecule has 94 valence electrons. The van der Waals surface area contributed by atoms with Gasteiger partial charge in [0.1, 0.15) is 18.7 Å². The smallest absolute Gasteiger partial charge is 0.247 e. The molecule has 2 aromatic rings. The number of likely N-dealkylation sites (N-methyl/N-ethyl adjacent to an activating group) is 1. The van der Waals surface area contributed by atoms with E-state index in [-0.39, 0.29) is 11.9 Å². The number of hydrogen-bond donors (Lipinski definition) is 0. The van der Waals surface area contributed by atoms with Crippen LogP contribution in [0, 0.1) is 0 Å². The summed E-state index contributed by atoms with van der Waals surface area (Å²) in [4.78, 5) is 21.7. The summed E-state index contributed by atoms with van der Waals surface area (Å²) in [6.07, 6.45) is 6.43. The van der Waals surface area contributed by atoms with E-state index in [2.05, 4.69) is 15.1 Å². The zero-order chi connectivity index (χ0) is 13.0. The molecule has 0 saturated heterocycles. The van der Waals surface area contributed by atoms with Gasteiger partial charge < -0.3 is 4.90 Å². The third-order valence-electron chi connectivity index (χ3n) is 2.71. The van der Waals surface area contributed by atoms with Crippen molar-refractivity contribution in [2.45, 2.75) is 19.5 Å². The molecule has 1 atom stereocenters. The van der Waals surface area contributed by atoms with Gasteiger partial charge in [-0.05, 0) is 18.6 Å². The Balaban J connectivity index is 2.01. The van der Waals surface area contributed by atoms with Gasteiger partial charge in [0.25, 0.3) is 0 Å². The van der Waals surface area contributed by atoms with E-state index < -0.39 is 0 Å². The Hall–Kier alpha value is -2.24. The largest absolute Gasteiger partial charge is 0.340 e. The number of aromatic nitrogens is 4. The number of nitrogens with zero attached hydrogens (tertiary/aromatic N) is 5. The Morgan fingerprint density at radius 1 is 1.50 bits per heavy atom. The van der Waals surface area contributed by atoms with Gasteiger partial charge in [-0.1, -0.05) is 6.07 Å². The molecule has 2 aromatic heterocycles. The van der Waals surface area contributed by atoms with Crippen LogP contribution in [0.5, 0.6) is 0 Å². The monoisotopic (exact) mass is 245 g/mol. The minimum Gasteiger partial charge on any atom is -0.340 e. The normalized spacial score (nSPS) is 12.1. The third kappa shape index (κ3) is 2.71. The molecule has 18 heavy (non-hydrogen) atoms. The molecule has 6 heteroatoms. The van der Waals surface area contributed by atoms with Crippen molar-refractivity contribution in [3.63, 3.8) is 0 Å². The lowest BCUT2D eigenvalue weighted by molar-refractivity contribution is -0.133. The molecule has 0 radical (unpaired) electrons. The number of carbonyl (C=O) groups is 1. The zero-order valence-electron chi connectivity index (χ0n) is 10.4. The molecule has 0 aliphatic rings. The highest BCUT2D eigenvalue weighted by molar-refractivity contribution is 5.79. The molecular weight excluding hydrogens is 230 g/mol. The topological polar surface area (TPSA) is 63.9 Å². The number of hydrogen-bond acceptors (Lipinski definition) is 4. The molecule has 0 fully saturated rings. The van der Waals surface area contributed by atoms with Crippen molar-refractivity contribution in [3.8, 4) is 0 Å². The molecule has 0 unspecified atom stereocenters. The summed E-state index contributed by atoms with van der Waals surface area (Å²) >= 11 is 0. The van der Waals surface area contributed by atoms with Crippen molar-refractivity contribution in [2.75, 3.05) is 7.05 Å². The van der Waals surface area contributed by atoms with Gasteiger partial charge in [-0.3, -0.25) is 9.78 Å². The van der Waals surface area contributed by atoms with E-state index in [1.807, 2.05) is 12.1 Å². The van der Waals surface area contributed by atoms with Crippen LogP contribution in [0.2, 0.25) is 0 Å². The lowest BCUT2D eigenvalue weighted by Gasteiger charge is -2.21. The van der Waals surface area contributed by atoms with Crippen molar-refractivity contribution in [2.24, 2.45) is 0 Å². The fourth-order valence-corrected chi connectivity index (χ4v) is 1.69. The summed E-state index contributed by atoms with van der Waals surface area (Å²) in [5, 5.41) is 3.97. The van der Waals surface area contributed by atoms with Gasteiger partial charge in [-0.2, -0.15) is 5.10 Å². The number of amides is 1. The maximum atomic E-state index is 12.2. The van der Waals surface area contributed by atoms with Crippen LogP contribution in [0.15, 0.2) is 37.2 Å². The van der Waals surface area contributed by atoms with Gasteiger partial charge in [0.15, 0.2) is 0 Å². The molecule has 0 bridgehead atoms. The lowest BCUT2D eigenvalue weighted by atomic mass is 10.2. The quantitative estimate of drug-likeness (QED) is 0.802. The van der Waals surface area contributed by atoms with Crippen molar-refractivity contribution in [3.05, 3.63) is 42.7 Å². The van der Waals surface area contributed by atoms with Crippen LogP contribution in [0.4, 0.5) is 0 Å². The highest BCUT2D eigenvalue weighted by Crippen LogP contribution is 2.09. The average molecular weight is 245 g/mol. The van der Waals surface area contributed by atoms with Gasteiger partial charge in [0.05, 0.1) is 0 Å². The number of rotatable bonds is 4. The molecule has 0 aliphatic carbocycles. The van der Waals surface area contributed by atoms with Crippen LogP contribution in [0.3, 0.4) is 0 Å². The van der Waals surface area contributed by atoms with E-state index in [0.29, 0.717) is 6.54 Å². The Morgan fingerprint density at radius 2 is 2.33 bits per heavy atom. The summed E-state index contributed by atoms with van der Waals surface area (Å²) in [5.41, 5.74) is 0.999. The molecule has 0 saturated carbocycles. The fraction of sp³-hybridized carbons (Fsp3) is 0.333. The lowest BCUT2D eigenvalue weighted by Crippen LogP contribution is -2.33. The second kappa shape index (κ2) is 5.39. The van der Waals surface area contributed by atoms with Crippen molar-refractivity contribution < 1.29 is 4.79 Å². The highest BCUT2D eigenvalue weighted by Gasteiger charge is 2.19. The Labute approximate surface area is 105 Å². The van der Waals surface area contributed by atoms with Crippen LogP contribution >= 0.6 is 0 Å². The molecule has 2 heterocycles. The minimum atomic E-state index is -0.353. The summed E-state index contributed by atoms with van der Waals surface area (Å²) in [6.45, 7) is 2.34. The standard InChI is InChI=1S/C12H15N5O/c1-10(17-9-14-8-15-17)12(18)16(2)7-11-4-3-5-13-6-11/h3-6,8-10H,7H2,1-2H3/t10-/m0/s1. The van der Waals surface area contributed by atoms with Gasteiger partial charge >= 0.3 is 0 Å². The zero-order valence-corrected chi connectivity index (χ0v) is 10.4. The van der Waals surface area contributed by atoms with Gasteiger partial charge in [0, 0.05) is 26.0 Å². The summed E-state index contributed by atoms with van der Waals surface area (Å²) in [7, 11) is 1.77. The first-order valence-corrected chi connectivity index (χ1v) is 5.66. The Morgan fingerprint density at radius 3 is 2.94 bits per heavy atom. The van der Waals surface area contributed by atoms with Crippen molar-refractivity contribution >= 4 is 5.91 Å². The van der Waals surface area contributed by atoms with Crippen molar-refractivity contribution in [1.29, 1.82) is 0 Å². The van der Waals surface area contributed by atoms with Crippen LogP contribution in [-0.4, -0.2) is 37.6 Å². The van der Waals surface area contributed by atoms with Gasteiger partial charge in [0.2, 0.25) is 5.91 Å². The van der Waals surface area contributed by atoms with Crippen LogP contribution in [0.25, 0.3) is 0 Å². The first-order valence-electron chi connectivity index (χ1n) is 5.66. The predicted octanol–water partition coefficient (Wildman–Crippen LogP) is 0.893. The third-order valence-corrected chi connectivity index (χ3v) is 2.71. The SMILES string of the molecule is C[C@@H](C(=O)N(C)Cc1cccnc1)n1cncn1. The first-order chi connectivity index (χ1) is 8.68. The van der Waals surface area contributed by atoms with E-state index in [9.17, 15) is 4.79 Å². The molecular formula is C12H15N5O. The summed E-state index contributed by atoms with van der Waals surface area (Å²) in [6, 6.07) is 3.44. The Bertz CT molecular complexity index is 496. The van der Waals surface area contributed by atoms with Gasteiger partial charge in [-0.25, -0.2) is 9.67 Å². The fourth-order valence-electron chi connectivity index (χ4n) is 1.69. The van der Waals surface area contributed by atoms with E-state index in [1.54, 1.807) is 42.3 Å². The maximum absolute atomic E-state index is 12.2. The van der Waals surface area contributed by atoms with Crippen molar-refractivity contribution in [1.82, 2.24) is 24.6 Å². The number of carbonyl (C=O) groups excluding carboxylic acids is 1. The van der Waals surface area contributed by atoms with E-state index >= 15 is 0 Å². The molecule has 0 N–H and O–H groups in total. The average Bonchev–Trinajstić information content (AvgIpc) is 2.92. The van der Waals surface area contributed by atoms with E-state index in [4.69, 9.17) is 0 Å². The number of pyridine rings is 1.